The third-order valence-electron chi connectivity index (χ3n) is 5.59. The number of ether oxygens (including phenoxy) is 2. The molecule has 2 heterocycles. The van der Waals surface area contributed by atoms with Crippen molar-refractivity contribution in [1.82, 2.24) is 0 Å². The molecule has 0 unspecified atom stereocenters. The van der Waals surface area contributed by atoms with Crippen molar-refractivity contribution < 1.29 is 19.7 Å². The second-order valence-corrected chi connectivity index (χ2v) is 8.47. The highest BCUT2D eigenvalue weighted by atomic mass is 16.5. The van der Waals surface area contributed by atoms with Crippen LogP contribution in [0.3, 0.4) is 0 Å². The van der Waals surface area contributed by atoms with E-state index in [1.54, 1.807) is 18.2 Å². The Balaban J connectivity index is 1.73. The molecule has 2 atom stereocenters. The van der Waals surface area contributed by atoms with E-state index in [0.717, 1.165) is 28.0 Å². The highest BCUT2D eigenvalue weighted by molar-refractivity contribution is 5.57. The van der Waals surface area contributed by atoms with Crippen molar-refractivity contribution in [3.63, 3.8) is 0 Å². The second kappa shape index (κ2) is 7.51. The van der Waals surface area contributed by atoms with Gasteiger partial charge in [-0.15, -0.1) is 0 Å². The smallest absolute Gasteiger partial charge is 0.138 e. The molecule has 0 saturated carbocycles. The zero-order chi connectivity index (χ0) is 20.7. The Morgan fingerprint density at radius 2 is 1.62 bits per heavy atom. The summed E-state index contributed by atoms with van der Waals surface area (Å²) in [6.07, 6.45) is 5.45. The first-order chi connectivity index (χ1) is 13.8. The average molecular weight is 392 g/mol. The molecular formula is C25H28O4. The van der Waals surface area contributed by atoms with E-state index in [1.165, 1.54) is 11.1 Å². The van der Waals surface area contributed by atoms with Crippen LogP contribution in [0, 0.1) is 0 Å². The third kappa shape index (κ3) is 3.71. The van der Waals surface area contributed by atoms with E-state index >= 15 is 0 Å². The highest BCUT2D eigenvalue weighted by Crippen LogP contribution is 2.54. The fraction of sp³-hybridized carbons (Fsp3) is 0.360. The first-order valence-electron chi connectivity index (χ1n) is 10.1. The molecule has 29 heavy (non-hydrogen) atoms. The zero-order valence-corrected chi connectivity index (χ0v) is 17.5. The van der Waals surface area contributed by atoms with Crippen LogP contribution in [0.1, 0.15) is 62.0 Å². The van der Waals surface area contributed by atoms with Crippen molar-refractivity contribution in [3.8, 4) is 23.0 Å². The summed E-state index contributed by atoms with van der Waals surface area (Å²) < 4.78 is 12.4. The lowest BCUT2D eigenvalue weighted by atomic mass is 9.87. The van der Waals surface area contributed by atoms with Gasteiger partial charge in [0.15, 0.2) is 0 Å². The predicted octanol–water partition coefficient (Wildman–Crippen LogP) is 5.72. The number of hydrogen-bond donors (Lipinski definition) is 2. The molecule has 2 aromatic rings. The van der Waals surface area contributed by atoms with Gasteiger partial charge in [0.2, 0.25) is 0 Å². The summed E-state index contributed by atoms with van der Waals surface area (Å²) in [5.41, 5.74) is 6.24. The number of hydrogen-bond acceptors (Lipinski definition) is 4. The summed E-state index contributed by atoms with van der Waals surface area (Å²) in [5, 5.41) is 20.7. The van der Waals surface area contributed by atoms with Crippen molar-refractivity contribution in [2.75, 3.05) is 6.61 Å². The van der Waals surface area contributed by atoms with Crippen molar-refractivity contribution in [3.05, 3.63) is 69.8 Å². The van der Waals surface area contributed by atoms with Crippen LogP contribution >= 0.6 is 0 Å². The summed E-state index contributed by atoms with van der Waals surface area (Å²) in [4.78, 5) is 0. The highest BCUT2D eigenvalue weighted by Gasteiger charge is 2.42. The van der Waals surface area contributed by atoms with E-state index in [1.807, 2.05) is 19.9 Å². The lowest BCUT2D eigenvalue weighted by Crippen LogP contribution is -2.23. The summed E-state index contributed by atoms with van der Waals surface area (Å²) >= 11 is 0. The lowest BCUT2D eigenvalue weighted by molar-refractivity contribution is 0.138. The minimum atomic E-state index is -0.174. The third-order valence-corrected chi connectivity index (χ3v) is 5.59. The quantitative estimate of drug-likeness (QED) is 0.653. The summed E-state index contributed by atoms with van der Waals surface area (Å²) in [7, 11) is 0. The van der Waals surface area contributed by atoms with Crippen LogP contribution in [0.4, 0.5) is 0 Å². The van der Waals surface area contributed by atoms with Gasteiger partial charge < -0.3 is 19.7 Å². The largest absolute Gasteiger partial charge is 0.508 e. The van der Waals surface area contributed by atoms with Gasteiger partial charge in [-0.25, -0.2) is 0 Å². The van der Waals surface area contributed by atoms with E-state index in [0.29, 0.717) is 25.2 Å². The molecule has 2 N–H and O–H groups in total. The molecule has 2 aliphatic rings. The van der Waals surface area contributed by atoms with Gasteiger partial charge in [0.05, 0.1) is 12.5 Å². The Hall–Kier alpha value is -2.88. The number of allylic oxidation sites excluding steroid dienone is 4. The Kier molecular flexibility index (Phi) is 5.03. The standard InChI is InChI=1S/C25H28O4/c1-14(2)5-7-16-10-20-23(12-22(16)27)28-13-21-19-11-18(26)9-17(8-6-15(3)4)24(19)29-25(20)21/h5-6,9-12,21,25-27H,7-8,13H2,1-4H3/t21-,25+/m1/s1. The van der Waals surface area contributed by atoms with Gasteiger partial charge in [0, 0.05) is 22.8 Å². The van der Waals surface area contributed by atoms with E-state index < -0.39 is 0 Å². The van der Waals surface area contributed by atoms with E-state index in [2.05, 4.69) is 26.0 Å². The van der Waals surface area contributed by atoms with Crippen LogP contribution in [-0.2, 0) is 12.8 Å². The minimum Gasteiger partial charge on any atom is -0.508 e. The molecule has 0 bridgehead atoms. The summed E-state index contributed by atoms with van der Waals surface area (Å²) in [5.74, 6) is 2.05. The number of benzene rings is 2. The Labute approximate surface area is 172 Å². The molecule has 2 aliphatic heterocycles. The molecule has 0 fully saturated rings. The van der Waals surface area contributed by atoms with Crippen molar-refractivity contribution in [2.24, 2.45) is 0 Å². The van der Waals surface area contributed by atoms with Gasteiger partial charge in [0.25, 0.3) is 0 Å². The summed E-state index contributed by atoms with van der Waals surface area (Å²) in [6, 6.07) is 7.29. The van der Waals surface area contributed by atoms with Gasteiger partial charge in [-0.2, -0.15) is 0 Å². The van der Waals surface area contributed by atoms with Crippen LogP contribution in [0.15, 0.2) is 47.6 Å². The first-order valence-corrected chi connectivity index (χ1v) is 10.1. The van der Waals surface area contributed by atoms with Gasteiger partial charge in [0.1, 0.15) is 29.1 Å². The Morgan fingerprint density at radius 3 is 2.31 bits per heavy atom. The van der Waals surface area contributed by atoms with Gasteiger partial charge in [-0.3, -0.25) is 0 Å². The molecule has 0 spiro atoms. The maximum absolute atomic E-state index is 10.4. The number of rotatable bonds is 4. The van der Waals surface area contributed by atoms with Crippen LogP contribution in [0.25, 0.3) is 0 Å². The monoisotopic (exact) mass is 392 g/mol. The SMILES string of the molecule is CC(C)=CCc1cc2c(cc1O)OC[C@@H]1c3cc(O)cc(CC=C(C)C)c3O[C@@H]21. The van der Waals surface area contributed by atoms with Crippen LogP contribution in [0.2, 0.25) is 0 Å². The molecule has 2 aromatic carbocycles. The second-order valence-electron chi connectivity index (χ2n) is 8.47. The fourth-order valence-corrected chi connectivity index (χ4v) is 4.05. The molecular weight excluding hydrogens is 364 g/mol. The number of phenols is 2. The molecule has 4 heteroatoms. The zero-order valence-electron chi connectivity index (χ0n) is 17.5. The number of aromatic hydroxyl groups is 2. The maximum Gasteiger partial charge on any atom is 0.138 e. The number of phenolic OH excluding ortho intramolecular Hbond substituents is 2. The van der Waals surface area contributed by atoms with Crippen LogP contribution in [-0.4, -0.2) is 16.8 Å². The van der Waals surface area contributed by atoms with E-state index in [9.17, 15) is 10.2 Å². The number of fused-ring (bicyclic) bond motifs is 5. The van der Waals surface area contributed by atoms with Crippen molar-refractivity contribution in [1.29, 1.82) is 0 Å². The Bertz CT molecular complexity index is 1010. The molecule has 0 radical (unpaired) electrons. The molecule has 0 aromatic heterocycles. The van der Waals surface area contributed by atoms with Crippen molar-refractivity contribution >= 4 is 0 Å². The van der Waals surface area contributed by atoms with E-state index in [4.69, 9.17) is 9.47 Å². The maximum atomic E-state index is 10.4. The molecule has 152 valence electrons. The predicted molar refractivity (Wildman–Crippen MR) is 114 cm³/mol. The topological polar surface area (TPSA) is 58.9 Å². The van der Waals surface area contributed by atoms with Crippen molar-refractivity contribution in [2.45, 2.75) is 52.6 Å². The van der Waals surface area contributed by atoms with Crippen LogP contribution in [0.5, 0.6) is 23.0 Å². The lowest BCUT2D eigenvalue weighted by Gasteiger charge is -2.28. The van der Waals surface area contributed by atoms with Gasteiger partial charge in [-0.1, -0.05) is 23.3 Å². The molecule has 0 aliphatic carbocycles. The Morgan fingerprint density at radius 1 is 0.931 bits per heavy atom. The van der Waals surface area contributed by atoms with Crippen LogP contribution < -0.4 is 9.47 Å². The van der Waals surface area contributed by atoms with Gasteiger partial charge >= 0.3 is 0 Å². The van der Waals surface area contributed by atoms with E-state index in [-0.39, 0.29) is 23.5 Å². The molecule has 0 amide bonds. The fourth-order valence-electron chi connectivity index (χ4n) is 4.05. The molecule has 4 nitrogen and oxygen atoms in total. The van der Waals surface area contributed by atoms with Gasteiger partial charge in [-0.05, 0) is 64.3 Å². The minimum absolute atomic E-state index is 0.0240. The summed E-state index contributed by atoms with van der Waals surface area (Å²) in [6.45, 7) is 8.68. The first kappa shape index (κ1) is 19.4. The molecule has 0 saturated heterocycles. The normalized spacial score (nSPS) is 18.6. The average Bonchev–Trinajstić information content (AvgIpc) is 3.03. The molecule has 4 rings (SSSR count).